The molecule has 0 saturated carbocycles. The lowest BCUT2D eigenvalue weighted by atomic mass is 10.5. The zero-order valence-electron chi connectivity index (χ0n) is 8.92. The van der Waals surface area contributed by atoms with Crippen molar-refractivity contribution in [2.45, 2.75) is 11.6 Å². The number of aromatic nitrogens is 1. The number of nitrogens with zero attached hydrogens (tertiary/aromatic N) is 1. The second kappa shape index (κ2) is 6.27. The van der Waals surface area contributed by atoms with Crippen LogP contribution in [0.5, 0.6) is 0 Å². The average molecular weight is 265 g/mol. The molecule has 6 heteroatoms. The van der Waals surface area contributed by atoms with Crippen LogP contribution in [0.15, 0.2) is 46.9 Å². The van der Waals surface area contributed by atoms with Crippen molar-refractivity contribution in [1.29, 1.82) is 0 Å². The molecule has 0 aromatic carbocycles. The van der Waals surface area contributed by atoms with Gasteiger partial charge < -0.3 is 5.32 Å². The monoisotopic (exact) mass is 265 g/mol. The minimum Gasteiger partial charge on any atom is -0.333 e. The highest BCUT2D eigenvalue weighted by atomic mass is 32.2. The summed E-state index contributed by atoms with van der Waals surface area (Å²) in [6.45, 7) is 0.548. The molecule has 0 aliphatic heterocycles. The minimum absolute atomic E-state index is 0.214. The predicted octanol–water partition coefficient (Wildman–Crippen LogP) is 2.65. The molecule has 2 rings (SSSR count). The van der Waals surface area contributed by atoms with Crippen molar-refractivity contribution in [2.75, 3.05) is 0 Å². The van der Waals surface area contributed by atoms with Gasteiger partial charge in [-0.15, -0.1) is 11.3 Å². The highest BCUT2D eigenvalue weighted by Crippen LogP contribution is 2.10. The lowest BCUT2D eigenvalue weighted by Gasteiger charge is -2.04. The van der Waals surface area contributed by atoms with Crippen molar-refractivity contribution in [2.24, 2.45) is 0 Å². The number of urea groups is 1. The molecule has 0 aliphatic rings. The highest BCUT2D eigenvalue weighted by molar-refractivity contribution is 7.97. The number of hydrogen-bond acceptors (Lipinski definition) is 4. The third-order valence-electron chi connectivity index (χ3n) is 1.89. The van der Waals surface area contributed by atoms with E-state index in [9.17, 15) is 4.79 Å². The molecule has 0 aliphatic carbocycles. The van der Waals surface area contributed by atoms with Gasteiger partial charge in [0.15, 0.2) is 0 Å². The first-order valence-corrected chi connectivity index (χ1v) is 6.68. The van der Waals surface area contributed by atoms with Crippen LogP contribution in [0.1, 0.15) is 4.88 Å². The van der Waals surface area contributed by atoms with Gasteiger partial charge in [0, 0.05) is 23.0 Å². The first-order chi connectivity index (χ1) is 8.34. The molecule has 0 radical (unpaired) electrons. The summed E-state index contributed by atoms with van der Waals surface area (Å²) in [6, 6.07) is 9.28. The molecule has 2 aromatic rings. The number of hydrogen-bond donors (Lipinski definition) is 2. The summed E-state index contributed by atoms with van der Waals surface area (Å²) in [6.07, 6.45) is 1.69. The Balaban J connectivity index is 1.71. The largest absolute Gasteiger partial charge is 0.333 e. The lowest BCUT2D eigenvalue weighted by molar-refractivity contribution is 0.246. The number of nitrogens with one attached hydrogen (secondary N) is 2. The van der Waals surface area contributed by atoms with Gasteiger partial charge in [-0.3, -0.25) is 4.72 Å². The molecule has 2 heterocycles. The van der Waals surface area contributed by atoms with E-state index in [-0.39, 0.29) is 6.03 Å². The molecule has 17 heavy (non-hydrogen) atoms. The summed E-state index contributed by atoms with van der Waals surface area (Å²) in [5, 5.41) is 5.51. The SMILES string of the molecule is O=C(NCc1cccs1)NSc1ccccn1. The molecule has 2 N–H and O–H groups in total. The number of carbonyl (C=O) groups is 1. The molecular formula is C11H11N3OS2. The van der Waals surface area contributed by atoms with Gasteiger partial charge in [-0.25, -0.2) is 9.78 Å². The third kappa shape index (κ3) is 4.08. The van der Waals surface area contributed by atoms with Gasteiger partial charge in [0.25, 0.3) is 0 Å². The van der Waals surface area contributed by atoms with E-state index in [2.05, 4.69) is 15.0 Å². The fourth-order valence-corrected chi connectivity index (χ4v) is 2.30. The van der Waals surface area contributed by atoms with Gasteiger partial charge in [-0.1, -0.05) is 12.1 Å². The number of carbonyl (C=O) groups excluding carboxylic acids is 1. The van der Waals surface area contributed by atoms with Gasteiger partial charge in [0.1, 0.15) is 5.03 Å². The average Bonchev–Trinajstić information content (AvgIpc) is 2.88. The summed E-state index contributed by atoms with van der Waals surface area (Å²) < 4.78 is 2.67. The van der Waals surface area contributed by atoms with Gasteiger partial charge >= 0.3 is 6.03 Å². The standard InChI is InChI=1S/C11H11N3OS2/c15-11(13-8-9-4-3-7-16-9)14-17-10-5-1-2-6-12-10/h1-7H,8H2,(H2,13,14,15). The van der Waals surface area contributed by atoms with Crippen molar-refractivity contribution >= 4 is 29.3 Å². The molecule has 2 amide bonds. The Morgan fingerprint density at radius 2 is 2.29 bits per heavy atom. The van der Waals surface area contributed by atoms with Crippen LogP contribution in [0.3, 0.4) is 0 Å². The predicted molar refractivity (Wildman–Crippen MR) is 69.8 cm³/mol. The lowest BCUT2D eigenvalue weighted by Crippen LogP contribution is -2.30. The quantitative estimate of drug-likeness (QED) is 0.836. The molecular weight excluding hydrogens is 254 g/mol. The van der Waals surface area contributed by atoms with E-state index in [4.69, 9.17) is 0 Å². The molecule has 2 aromatic heterocycles. The van der Waals surface area contributed by atoms with Crippen LogP contribution < -0.4 is 10.0 Å². The minimum atomic E-state index is -0.214. The smallest absolute Gasteiger partial charge is 0.325 e. The number of rotatable bonds is 4. The maximum Gasteiger partial charge on any atom is 0.325 e. The maximum absolute atomic E-state index is 11.4. The number of amides is 2. The summed E-state index contributed by atoms with van der Waals surface area (Å²) in [7, 11) is 0. The van der Waals surface area contributed by atoms with Crippen LogP contribution in [-0.4, -0.2) is 11.0 Å². The summed E-state index contributed by atoms with van der Waals surface area (Å²) in [4.78, 5) is 16.7. The van der Waals surface area contributed by atoms with Crippen molar-refractivity contribution in [1.82, 2.24) is 15.0 Å². The topological polar surface area (TPSA) is 54.0 Å². The van der Waals surface area contributed by atoms with Crippen LogP contribution in [0.2, 0.25) is 0 Å². The van der Waals surface area contributed by atoms with E-state index in [1.807, 2.05) is 35.7 Å². The normalized spacial score (nSPS) is 9.88. The molecule has 0 bridgehead atoms. The second-order valence-electron chi connectivity index (χ2n) is 3.13. The van der Waals surface area contributed by atoms with Crippen molar-refractivity contribution < 1.29 is 4.79 Å². The van der Waals surface area contributed by atoms with Crippen molar-refractivity contribution in [3.05, 3.63) is 46.8 Å². The summed E-state index contributed by atoms with van der Waals surface area (Å²) >= 11 is 2.81. The van der Waals surface area contributed by atoms with Gasteiger partial charge in [0.05, 0.1) is 6.54 Å². The van der Waals surface area contributed by atoms with E-state index >= 15 is 0 Å². The Morgan fingerprint density at radius 3 is 3.00 bits per heavy atom. The highest BCUT2D eigenvalue weighted by Gasteiger charge is 2.02. The first kappa shape index (κ1) is 11.9. The molecule has 0 saturated heterocycles. The molecule has 0 unspecified atom stereocenters. The fraction of sp³-hybridized carbons (Fsp3) is 0.0909. The maximum atomic E-state index is 11.4. The third-order valence-corrected chi connectivity index (χ3v) is 3.50. The van der Waals surface area contributed by atoms with Crippen molar-refractivity contribution in [3.63, 3.8) is 0 Å². The molecule has 0 atom stereocenters. The summed E-state index contributed by atoms with van der Waals surface area (Å²) in [5.41, 5.74) is 0. The van der Waals surface area contributed by atoms with Crippen LogP contribution in [0, 0.1) is 0 Å². The van der Waals surface area contributed by atoms with Crippen LogP contribution in [0.25, 0.3) is 0 Å². The van der Waals surface area contributed by atoms with Crippen molar-refractivity contribution in [3.8, 4) is 0 Å². The van der Waals surface area contributed by atoms with Crippen LogP contribution >= 0.6 is 23.3 Å². The van der Waals surface area contributed by atoms with Gasteiger partial charge in [-0.05, 0) is 23.6 Å². The van der Waals surface area contributed by atoms with E-state index < -0.39 is 0 Å². The van der Waals surface area contributed by atoms with Gasteiger partial charge in [0.2, 0.25) is 0 Å². The number of thiophene rings is 1. The summed E-state index contributed by atoms with van der Waals surface area (Å²) in [5.74, 6) is 0. The Labute approximate surface area is 108 Å². The van der Waals surface area contributed by atoms with Crippen LogP contribution in [-0.2, 0) is 6.54 Å². The Bertz CT molecular complexity index is 459. The Kier molecular flexibility index (Phi) is 4.40. The Hall–Kier alpha value is -1.53. The van der Waals surface area contributed by atoms with Gasteiger partial charge in [-0.2, -0.15) is 0 Å². The molecule has 88 valence electrons. The van der Waals surface area contributed by atoms with Crippen LogP contribution in [0.4, 0.5) is 4.79 Å². The molecule has 4 nitrogen and oxygen atoms in total. The molecule has 0 fully saturated rings. The van der Waals surface area contributed by atoms with E-state index in [0.29, 0.717) is 6.54 Å². The fourth-order valence-electron chi connectivity index (χ4n) is 1.12. The first-order valence-electron chi connectivity index (χ1n) is 4.99. The molecule has 0 spiro atoms. The van der Waals surface area contributed by atoms with E-state index in [1.165, 1.54) is 11.9 Å². The zero-order valence-corrected chi connectivity index (χ0v) is 10.6. The van der Waals surface area contributed by atoms with E-state index in [1.54, 1.807) is 17.5 Å². The Morgan fingerprint density at radius 1 is 1.35 bits per heavy atom. The number of pyridine rings is 1. The zero-order chi connectivity index (χ0) is 11.9. The van der Waals surface area contributed by atoms with E-state index in [0.717, 1.165) is 9.90 Å². The second-order valence-corrected chi connectivity index (χ2v) is 4.99.